The van der Waals surface area contributed by atoms with Gasteiger partial charge in [-0.05, 0) is 32.3 Å². The van der Waals surface area contributed by atoms with Gasteiger partial charge in [-0.2, -0.15) is 0 Å². The molecule has 0 aliphatic heterocycles. The molecule has 0 amide bonds. The van der Waals surface area contributed by atoms with Crippen molar-refractivity contribution in [3.8, 4) is 0 Å². The van der Waals surface area contributed by atoms with Crippen LogP contribution in [0.5, 0.6) is 0 Å². The average Bonchev–Trinajstić information content (AvgIpc) is 2.30. The topological polar surface area (TPSA) is 0 Å². The molecule has 0 aliphatic carbocycles. The predicted molar refractivity (Wildman–Crippen MR) is 81.2 cm³/mol. The van der Waals surface area contributed by atoms with Crippen molar-refractivity contribution in [3.05, 3.63) is 70.8 Å². The molecule has 96 valence electrons. The van der Waals surface area contributed by atoms with Crippen LogP contribution in [0.2, 0.25) is 0 Å². The van der Waals surface area contributed by atoms with E-state index >= 15 is 0 Å². The molecule has 0 heteroatoms. The number of benzene rings is 2. The maximum atomic E-state index is 2.21. The average molecular weight is 240 g/mol. The second-order valence-electron chi connectivity index (χ2n) is 5.22. The van der Waals surface area contributed by atoms with Crippen molar-refractivity contribution in [2.75, 3.05) is 0 Å². The minimum Gasteiger partial charge on any atom is -0.0617 e. The van der Waals surface area contributed by atoms with Crippen molar-refractivity contribution in [1.82, 2.24) is 0 Å². The summed E-state index contributed by atoms with van der Waals surface area (Å²) in [6, 6.07) is 17.2. The second-order valence-corrected chi connectivity index (χ2v) is 5.22. The summed E-state index contributed by atoms with van der Waals surface area (Å²) in [6.07, 6.45) is 0. The Morgan fingerprint density at radius 3 is 1.50 bits per heavy atom. The fourth-order valence-corrected chi connectivity index (χ4v) is 1.76. The monoisotopic (exact) mass is 240 g/mol. The minimum atomic E-state index is 0.653. The van der Waals surface area contributed by atoms with Gasteiger partial charge in [-0.1, -0.05) is 79.1 Å². The van der Waals surface area contributed by atoms with Crippen molar-refractivity contribution in [2.45, 2.75) is 40.5 Å². The molecule has 0 saturated carbocycles. The van der Waals surface area contributed by atoms with Crippen LogP contribution in [0.3, 0.4) is 0 Å². The van der Waals surface area contributed by atoms with Crippen LogP contribution in [-0.2, 0) is 0 Å². The molecule has 0 nitrogen and oxygen atoms in total. The first kappa shape index (κ1) is 14.5. The molecule has 18 heavy (non-hydrogen) atoms. The van der Waals surface area contributed by atoms with Crippen LogP contribution in [0.25, 0.3) is 0 Å². The molecular formula is C18H24. The summed E-state index contributed by atoms with van der Waals surface area (Å²) in [5.41, 5.74) is 5.44. The Morgan fingerprint density at radius 1 is 0.667 bits per heavy atom. The van der Waals surface area contributed by atoms with Crippen molar-refractivity contribution in [1.29, 1.82) is 0 Å². The lowest BCUT2D eigenvalue weighted by Gasteiger charge is -2.03. The number of hydrogen-bond donors (Lipinski definition) is 0. The minimum absolute atomic E-state index is 0.653. The smallest absolute Gasteiger partial charge is 0.0219 e. The van der Waals surface area contributed by atoms with Gasteiger partial charge in [0, 0.05) is 0 Å². The van der Waals surface area contributed by atoms with Gasteiger partial charge in [0.1, 0.15) is 0 Å². The zero-order valence-corrected chi connectivity index (χ0v) is 12.2. The van der Waals surface area contributed by atoms with Crippen LogP contribution in [0.4, 0.5) is 0 Å². The second kappa shape index (κ2) is 7.00. The predicted octanol–water partition coefficient (Wildman–Crippen LogP) is 5.42. The van der Waals surface area contributed by atoms with E-state index < -0.39 is 0 Å². The Bertz CT molecular complexity index is 446. The van der Waals surface area contributed by atoms with E-state index in [1.54, 1.807) is 0 Å². The van der Waals surface area contributed by atoms with Gasteiger partial charge in [0.25, 0.3) is 0 Å². The SMILES string of the molecule is Cc1ccc(C(C)C)cc1.Cc1cccc(C)c1. The van der Waals surface area contributed by atoms with E-state index in [0.29, 0.717) is 5.92 Å². The van der Waals surface area contributed by atoms with Crippen molar-refractivity contribution < 1.29 is 0 Å². The van der Waals surface area contributed by atoms with E-state index in [1.807, 2.05) is 0 Å². The highest BCUT2D eigenvalue weighted by Gasteiger charge is 1.95. The van der Waals surface area contributed by atoms with Crippen LogP contribution >= 0.6 is 0 Å². The van der Waals surface area contributed by atoms with Crippen molar-refractivity contribution >= 4 is 0 Å². The quantitative estimate of drug-likeness (QED) is 0.624. The summed E-state index contributed by atoms with van der Waals surface area (Å²) in [5.74, 6) is 0.653. The fraction of sp³-hybridized carbons (Fsp3) is 0.333. The van der Waals surface area contributed by atoms with Gasteiger partial charge in [-0.15, -0.1) is 0 Å². The van der Waals surface area contributed by atoms with Gasteiger partial charge >= 0.3 is 0 Å². The first-order chi connectivity index (χ1) is 8.49. The van der Waals surface area contributed by atoms with Gasteiger partial charge in [-0.3, -0.25) is 0 Å². The van der Waals surface area contributed by atoms with Crippen LogP contribution in [0, 0.1) is 20.8 Å². The number of hydrogen-bond acceptors (Lipinski definition) is 0. The van der Waals surface area contributed by atoms with Gasteiger partial charge in [0.05, 0.1) is 0 Å². The summed E-state index contributed by atoms with van der Waals surface area (Å²) < 4.78 is 0. The molecule has 0 heterocycles. The lowest BCUT2D eigenvalue weighted by Crippen LogP contribution is -1.85. The summed E-state index contributed by atoms with van der Waals surface area (Å²) >= 11 is 0. The summed E-state index contributed by atoms with van der Waals surface area (Å²) in [7, 11) is 0. The summed E-state index contributed by atoms with van der Waals surface area (Å²) in [6.45, 7) is 10.7. The highest BCUT2D eigenvalue weighted by molar-refractivity contribution is 5.23. The van der Waals surface area contributed by atoms with Crippen molar-refractivity contribution in [2.24, 2.45) is 0 Å². The molecule has 0 atom stereocenters. The Morgan fingerprint density at radius 2 is 1.17 bits per heavy atom. The van der Waals surface area contributed by atoms with Gasteiger partial charge in [-0.25, -0.2) is 0 Å². The lowest BCUT2D eigenvalue weighted by atomic mass is 10.0. The molecule has 0 N–H and O–H groups in total. The third-order valence-corrected chi connectivity index (χ3v) is 2.92. The molecule has 2 aromatic carbocycles. The molecule has 0 unspecified atom stereocenters. The normalized spacial score (nSPS) is 9.89. The Kier molecular flexibility index (Phi) is 5.64. The van der Waals surface area contributed by atoms with E-state index in [-0.39, 0.29) is 0 Å². The first-order valence-electron chi connectivity index (χ1n) is 6.59. The van der Waals surface area contributed by atoms with Gasteiger partial charge in [0.2, 0.25) is 0 Å². The third kappa shape index (κ3) is 5.18. The maximum absolute atomic E-state index is 2.21. The van der Waals surface area contributed by atoms with E-state index in [9.17, 15) is 0 Å². The molecule has 2 aromatic rings. The third-order valence-electron chi connectivity index (χ3n) is 2.92. The zero-order valence-electron chi connectivity index (χ0n) is 12.2. The highest BCUT2D eigenvalue weighted by atomic mass is 14.0. The number of aryl methyl sites for hydroxylation is 3. The highest BCUT2D eigenvalue weighted by Crippen LogP contribution is 2.13. The van der Waals surface area contributed by atoms with Crippen LogP contribution < -0.4 is 0 Å². The van der Waals surface area contributed by atoms with E-state index in [4.69, 9.17) is 0 Å². The standard InChI is InChI=1S/C10H14.C8H10/c1-8(2)10-6-4-9(3)5-7-10;1-7-4-3-5-8(2)6-7/h4-8H,1-3H3;3-6H,1-2H3. The van der Waals surface area contributed by atoms with Gasteiger partial charge < -0.3 is 0 Å². The number of rotatable bonds is 1. The van der Waals surface area contributed by atoms with Crippen LogP contribution in [-0.4, -0.2) is 0 Å². The van der Waals surface area contributed by atoms with Crippen molar-refractivity contribution in [3.63, 3.8) is 0 Å². The molecule has 2 rings (SSSR count). The molecule has 0 radical (unpaired) electrons. The van der Waals surface area contributed by atoms with Crippen LogP contribution in [0.15, 0.2) is 48.5 Å². The molecule has 0 spiro atoms. The van der Waals surface area contributed by atoms with Crippen LogP contribution in [0.1, 0.15) is 42.0 Å². The Balaban J connectivity index is 0.000000184. The molecule has 0 saturated heterocycles. The van der Waals surface area contributed by atoms with E-state index in [1.165, 1.54) is 22.3 Å². The first-order valence-corrected chi connectivity index (χ1v) is 6.59. The maximum Gasteiger partial charge on any atom is -0.0219 e. The summed E-state index contributed by atoms with van der Waals surface area (Å²) in [4.78, 5) is 0. The largest absolute Gasteiger partial charge is 0.0617 e. The van der Waals surface area contributed by atoms with Gasteiger partial charge in [0.15, 0.2) is 0 Å². The Labute approximate surface area is 112 Å². The molecule has 0 aromatic heterocycles. The lowest BCUT2D eigenvalue weighted by molar-refractivity contribution is 0.866. The molecule has 0 fully saturated rings. The zero-order chi connectivity index (χ0) is 13.5. The molecule has 0 bridgehead atoms. The molecule has 0 aliphatic rings. The summed E-state index contributed by atoms with van der Waals surface area (Å²) in [5, 5.41) is 0. The Hall–Kier alpha value is -1.56. The van der Waals surface area contributed by atoms with E-state index in [0.717, 1.165) is 0 Å². The molecular weight excluding hydrogens is 216 g/mol. The van der Waals surface area contributed by atoms with E-state index in [2.05, 4.69) is 83.1 Å². The fourth-order valence-electron chi connectivity index (χ4n) is 1.76.